The van der Waals surface area contributed by atoms with Gasteiger partial charge in [-0.05, 0) is 80.8 Å². The summed E-state index contributed by atoms with van der Waals surface area (Å²) in [5.74, 6) is -0.519. The summed E-state index contributed by atoms with van der Waals surface area (Å²) < 4.78 is 14.6. The van der Waals surface area contributed by atoms with Crippen molar-refractivity contribution in [1.82, 2.24) is 14.9 Å². The summed E-state index contributed by atoms with van der Waals surface area (Å²) in [6.45, 7) is 5.93. The average Bonchev–Trinajstić information content (AvgIpc) is 3.45. The Hall–Kier alpha value is -3.48. The van der Waals surface area contributed by atoms with Crippen molar-refractivity contribution < 1.29 is 29.3 Å². The molecule has 0 amide bonds. The van der Waals surface area contributed by atoms with Crippen LogP contribution in [0.3, 0.4) is 0 Å². The molecule has 0 radical (unpaired) electrons. The molecule has 3 heterocycles. The lowest BCUT2D eigenvalue weighted by molar-refractivity contribution is -0.134. The average molecular weight is 670 g/mol. The Bertz CT molecular complexity index is 1530. The summed E-state index contributed by atoms with van der Waals surface area (Å²) in [5.41, 5.74) is 3.08. The zero-order valence-electron chi connectivity index (χ0n) is 24.9. The van der Waals surface area contributed by atoms with Gasteiger partial charge in [-0.3, -0.25) is 4.98 Å². The summed E-state index contributed by atoms with van der Waals surface area (Å²) >= 11 is 9.73. The zero-order valence-corrected chi connectivity index (χ0v) is 27.3. The second-order valence-corrected chi connectivity index (χ2v) is 12.9. The second kappa shape index (κ2) is 17.9. The van der Waals surface area contributed by atoms with Crippen molar-refractivity contribution in [2.24, 2.45) is 0 Å². The number of thioether (sulfide) groups is 1. The largest absolute Gasteiger partial charge is 0.494 e. The minimum absolute atomic E-state index is 0.176. The molecule has 0 aliphatic carbocycles. The van der Waals surface area contributed by atoms with Crippen molar-refractivity contribution >= 4 is 56.9 Å². The molecule has 2 N–H and O–H groups in total. The highest BCUT2D eigenvalue weighted by atomic mass is 35.5. The summed E-state index contributed by atoms with van der Waals surface area (Å²) in [6, 6.07) is 20.1. The van der Waals surface area contributed by atoms with Gasteiger partial charge in [0, 0.05) is 42.2 Å². The van der Waals surface area contributed by atoms with Crippen molar-refractivity contribution in [3.05, 3.63) is 95.3 Å². The monoisotopic (exact) mass is 669 g/mol. The third kappa shape index (κ3) is 11.4. The van der Waals surface area contributed by atoms with Gasteiger partial charge in [-0.25, -0.2) is 14.6 Å². The van der Waals surface area contributed by atoms with E-state index >= 15 is 0 Å². The van der Waals surface area contributed by atoms with E-state index < -0.39 is 11.9 Å². The molecule has 1 fully saturated rings. The van der Waals surface area contributed by atoms with Gasteiger partial charge in [0.15, 0.2) is 4.34 Å². The molecule has 1 aliphatic heterocycles. The number of benzene rings is 2. The molecule has 4 aromatic rings. The maximum Gasteiger partial charge on any atom is 0.328 e. The number of fused-ring (bicyclic) bond motifs is 1. The van der Waals surface area contributed by atoms with E-state index in [4.69, 9.17) is 36.3 Å². The molecule has 5 rings (SSSR count). The SMILES string of the molecule is CCOc1ccc2nc(SCCCN3CCC(OC(c4ccc(Cl)cc4)c4ccccn4)CC3)sc2c1.O=C(O)/C=C/C(=O)O. The fourth-order valence-corrected chi connectivity index (χ4v) is 6.96. The highest BCUT2D eigenvalue weighted by molar-refractivity contribution is 8.01. The smallest absolute Gasteiger partial charge is 0.328 e. The molecule has 238 valence electrons. The van der Waals surface area contributed by atoms with Gasteiger partial charge in [-0.1, -0.05) is 41.6 Å². The lowest BCUT2D eigenvalue weighted by atomic mass is 10.0. The fraction of sp³-hybridized carbons (Fsp3) is 0.333. The Labute approximate surface area is 275 Å². The van der Waals surface area contributed by atoms with Gasteiger partial charge in [-0.15, -0.1) is 11.3 Å². The van der Waals surface area contributed by atoms with Crippen LogP contribution in [-0.2, 0) is 14.3 Å². The number of ether oxygens (including phenoxy) is 2. The van der Waals surface area contributed by atoms with Crippen LogP contribution < -0.4 is 4.74 Å². The van der Waals surface area contributed by atoms with Crippen LogP contribution in [0.15, 0.2) is 83.4 Å². The van der Waals surface area contributed by atoms with Crippen molar-refractivity contribution in [3.8, 4) is 5.75 Å². The fourth-order valence-electron chi connectivity index (χ4n) is 4.74. The predicted octanol–water partition coefficient (Wildman–Crippen LogP) is 7.21. The number of hydrogen-bond acceptors (Lipinski definition) is 9. The third-order valence-corrected chi connectivity index (χ3v) is 9.36. The molecular formula is C33H36ClN3O6S2. The molecule has 0 spiro atoms. The number of piperidine rings is 1. The third-order valence-electron chi connectivity index (χ3n) is 6.86. The number of likely N-dealkylation sites (tertiary alicyclic amines) is 1. The van der Waals surface area contributed by atoms with Crippen LogP contribution in [0.25, 0.3) is 10.2 Å². The number of carbonyl (C=O) groups is 2. The van der Waals surface area contributed by atoms with Crippen molar-refractivity contribution in [1.29, 1.82) is 0 Å². The van der Waals surface area contributed by atoms with Crippen molar-refractivity contribution in [2.45, 2.75) is 42.7 Å². The van der Waals surface area contributed by atoms with Gasteiger partial charge in [-0.2, -0.15) is 0 Å². The van der Waals surface area contributed by atoms with Crippen molar-refractivity contribution in [3.63, 3.8) is 0 Å². The normalized spacial score (nSPS) is 14.6. The summed E-state index contributed by atoms with van der Waals surface area (Å²) in [6.07, 6.45) is 6.20. The predicted molar refractivity (Wildman–Crippen MR) is 179 cm³/mol. The number of halogens is 1. The van der Waals surface area contributed by atoms with E-state index in [1.165, 1.54) is 4.70 Å². The van der Waals surface area contributed by atoms with Gasteiger partial charge in [0.25, 0.3) is 0 Å². The highest BCUT2D eigenvalue weighted by Gasteiger charge is 2.25. The molecular weight excluding hydrogens is 634 g/mol. The number of carboxylic acids is 2. The first kappa shape index (κ1) is 34.4. The first-order valence-corrected chi connectivity index (χ1v) is 16.8. The van der Waals surface area contributed by atoms with E-state index in [9.17, 15) is 9.59 Å². The Morgan fingerprint density at radius 3 is 2.47 bits per heavy atom. The standard InChI is InChI=1S/C29H32ClN3O2S2.C4H4O4/c1-2-34-24-11-12-25-27(20-24)37-29(32-25)36-19-5-16-33-17-13-23(14-18-33)35-28(26-6-3-4-15-31-26)21-7-9-22(30)10-8-21;5-3(6)1-2-4(7)8/h3-4,6-12,15,20,23,28H,2,5,13-14,16-19H2,1H3;1-2H,(H,5,6)(H,7,8)/b;2-1+. The quantitative estimate of drug-likeness (QED) is 0.0858. The van der Waals surface area contributed by atoms with E-state index in [1.54, 1.807) is 11.3 Å². The summed E-state index contributed by atoms with van der Waals surface area (Å²) in [4.78, 5) is 31.0. The van der Waals surface area contributed by atoms with Gasteiger partial charge in [0.1, 0.15) is 11.9 Å². The van der Waals surface area contributed by atoms with Crippen LogP contribution in [-0.4, -0.2) is 75.1 Å². The zero-order chi connectivity index (χ0) is 32.0. The van der Waals surface area contributed by atoms with E-state index in [-0.39, 0.29) is 12.2 Å². The molecule has 9 nitrogen and oxygen atoms in total. The van der Waals surface area contributed by atoms with Gasteiger partial charge in [0.05, 0.1) is 28.6 Å². The highest BCUT2D eigenvalue weighted by Crippen LogP contribution is 2.33. The van der Waals surface area contributed by atoms with Crippen LogP contribution in [0.2, 0.25) is 5.02 Å². The van der Waals surface area contributed by atoms with E-state index in [2.05, 4.69) is 22.0 Å². The van der Waals surface area contributed by atoms with E-state index in [1.807, 2.05) is 73.4 Å². The lowest BCUT2D eigenvalue weighted by Crippen LogP contribution is -2.38. The molecule has 0 bridgehead atoms. The molecule has 1 aliphatic rings. The number of thiazole rings is 1. The van der Waals surface area contributed by atoms with Crippen LogP contribution in [0.1, 0.15) is 43.5 Å². The molecule has 12 heteroatoms. The van der Waals surface area contributed by atoms with Gasteiger partial charge in [0.2, 0.25) is 0 Å². The molecule has 0 saturated carbocycles. The molecule has 2 aromatic heterocycles. The summed E-state index contributed by atoms with van der Waals surface area (Å²) in [5, 5.41) is 16.4. The van der Waals surface area contributed by atoms with E-state index in [0.29, 0.717) is 18.8 Å². The topological polar surface area (TPSA) is 122 Å². The van der Waals surface area contributed by atoms with Crippen LogP contribution in [0, 0.1) is 0 Å². The molecule has 2 aromatic carbocycles. The molecule has 1 saturated heterocycles. The first-order chi connectivity index (χ1) is 21.8. The minimum atomic E-state index is -1.26. The van der Waals surface area contributed by atoms with Crippen LogP contribution in [0.4, 0.5) is 0 Å². The summed E-state index contributed by atoms with van der Waals surface area (Å²) in [7, 11) is 0. The number of rotatable bonds is 13. The Morgan fingerprint density at radius 1 is 1.09 bits per heavy atom. The van der Waals surface area contributed by atoms with Crippen LogP contribution in [0.5, 0.6) is 5.75 Å². The maximum atomic E-state index is 9.55. The number of aromatic nitrogens is 2. The lowest BCUT2D eigenvalue weighted by Gasteiger charge is -2.34. The number of carboxylic acid groups (broad SMARTS) is 2. The number of nitrogens with zero attached hydrogens (tertiary/aromatic N) is 3. The number of pyridine rings is 1. The second-order valence-electron chi connectivity index (χ2n) is 10.1. The van der Waals surface area contributed by atoms with Crippen LogP contribution >= 0.6 is 34.7 Å². The number of aliphatic carboxylic acids is 2. The Morgan fingerprint density at radius 2 is 1.82 bits per heavy atom. The Kier molecular flexibility index (Phi) is 13.7. The number of hydrogen-bond donors (Lipinski definition) is 2. The molecule has 45 heavy (non-hydrogen) atoms. The Balaban J connectivity index is 0.000000510. The molecule has 1 unspecified atom stereocenters. The van der Waals surface area contributed by atoms with Crippen molar-refractivity contribution in [2.75, 3.05) is 32.0 Å². The maximum absolute atomic E-state index is 9.55. The first-order valence-electron chi connectivity index (χ1n) is 14.6. The van der Waals surface area contributed by atoms with Gasteiger partial charge >= 0.3 is 11.9 Å². The molecule has 1 atom stereocenters. The van der Waals surface area contributed by atoms with E-state index in [0.717, 1.165) is 76.5 Å². The minimum Gasteiger partial charge on any atom is -0.494 e. The van der Waals surface area contributed by atoms with Gasteiger partial charge < -0.3 is 24.6 Å².